The molecule has 0 aliphatic rings. The number of imidazole rings is 1. The lowest BCUT2D eigenvalue weighted by molar-refractivity contribution is 1.05. The van der Waals surface area contributed by atoms with Gasteiger partial charge in [0, 0.05) is 5.69 Å². The summed E-state index contributed by atoms with van der Waals surface area (Å²) in [5, 5.41) is 12.1. The molecule has 0 fully saturated rings. The van der Waals surface area contributed by atoms with Gasteiger partial charge in [0.15, 0.2) is 0 Å². The van der Waals surface area contributed by atoms with Crippen LogP contribution in [-0.2, 0) is 6.54 Å². The zero-order valence-corrected chi connectivity index (χ0v) is 8.99. The molecule has 0 aliphatic heterocycles. The molecule has 2 aromatic rings. The maximum Gasteiger partial charge on any atom is 0.101 e. The minimum absolute atomic E-state index is 0.619. The smallest absolute Gasteiger partial charge is 0.101 e. The lowest BCUT2D eigenvalue weighted by Gasteiger charge is -2.06. The number of rotatable bonds is 3. The quantitative estimate of drug-likeness (QED) is 0.819. The van der Waals surface area contributed by atoms with Crippen molar-refractivity contribution in [3.8, 4) is 6.07 Å². The van der Waals surface area contributed by atoms with Gasteiger partial charge in [-0.25, -0.2) is 4.98 Å². The van der Waals surface area contributed by atoms with E-state index in [0.717, 1.165) is 17.1 Å². The molecule has 1 heterocycles. The molecule has 2 rings (SSSR count). The van der Waals surface area contributed by atoms with E-state index in [4.69, 9.17) is 5.26 Å². The molecule has 0 atom stereocenters. The number of anilines is 1. The van der Waals surface area contributed by atoms with Crippen molar-refractivity contribution in [3.05, 3.63) is 47.5 Å². The monoisotopic (exact) mass is 212 g/mol. The number of hydrogen-bond donors (Lipinski definition) is 2. The second-order valence-electron chi connectivity index (χ2n) is 3.49. The predicted molar refractivity (Wildman–Crippen MR) is 61.8 cm³/mol. The number of hydrogen-bond acceptors (Lipinski definition) is 3. The van der Waals surface area contributed by atoms with Crippen LogP contribution in [0.4, 0.5) is 5.69 Å². The number of nitrogens with zero attached hydrogens (tertiary/aromatic N) is 2. The van der Waals surface area contributed by atoms with Crippen LogP contribution in [-0.4, -0.2) is 9.97 Å². The lowest BCUT2D eigenvalue weighted by Crippen LogP contribution is -2.02. The van der Waals surface area contributed by atoms with Crippen molar-refractivity contribution in [1.29, 1.82) is 5.26 Å². The topological polar surface area (TPSA) is 64.5 Å². The number of nitrogens with one attached hydrogen (secondary N) is 2. The number of nitriles is 1. The number of aromatic amines is 1. The van der Waals surface area contributed by atoms with E-state index in [-0.39, 0.29) is 0 Å². The average molecular weight is 212 g/mol. The predicted octanol–water partition coefficient (Wildman–Crippen LogP) is 2.20. The highest BCUT2D eigenvalue weighted by molar-refractivity contribution is 5.57. The Morgan fingerprint density at radius 2 is 2.25 bits per heavy atom. The second kappa shape index (κ2) is 4.49. The molecule has 1 aromatic carbocycles. The largest absolute Gasteiger partial charge is 0.378 e. The van der Waals surface area contributed by atoms with E-state index in [9.17, 15) is 0 Å². The highest BCUT2D eigenvalue weighted by Gasteiger charge is 2.03. The SMILES string of the molecule is Cc1[nH]cnc1CNc1ccccc1C#N. The van der Waals surface area contributed by atoms with Crippen LogP contribution >= 0.6 is 0 Å². The molecule has 0 bridgehead atoms. The van der Waals surface area contributed by atoms with E-state index in [1.807, 2.05) is 25.1 Å². The third-order valence-corrected chi connectivity index (χ3v) is 2.43. The number of H-pyrrole nitrogens is 1. The van der Waals surface area contributed by atoms with E-state index < -0.39 is 0 Å². The third kappa shape index (κ3) is 2.04. The Morgan fingerprint density at radius 3 is 2.94 bits per heavy atom. The Labute approximate surface area is 94.0 Å². The summed E-state index contributed by atoms with van der Waals surface area (Å²) in [4.78, 5) is 7.20. The van der Waals surface area contributed by atoms with Gasteiger partial charge in [-0.1, -0.05) is 12.1 Å². The molecule has 4 heteroatoms. The van der Waals surface area contributed by atoms with Crippen LogP contribution in [0.2, 0.25) is 0 Å². The summed E-state index contributed by atoms with van der Waals surface area (Å²) in [7, 11) is 0. The molecule has 2 N–H and O–H groups in total. The Morgan fingerprint density at radius 1 is 1.44 bits per heavy atom. The Bertz CT molecular complexity index is 522. The summed E-state index contributed by atoms with van der Waals surface area (Å²) >= 11 is 0. The first-order valence-corrected chi connectivity index (χ1v) is 5.03. The molecular formula is C12H12N4. The van der Waals surface area contributed by atoms with Crippen molar-refractivity contribution < 1.29 is 0 Å². The maximum absolute atomic E-state index is 8.92. The molecule has 1 aromatic heterocycles. The van der Waals surface area contributed by atoms with Gasteiger partial charge in [0.1, 0.15) is 6.07 Å². The Kier molecular flexibility index (Phi) is 2.88. The van der Waals surface area contributed by atoms with Crippen LogP contribution < -0.4 is 5.32 Å². The van der Waals surface area contributed by atoms with Gasteiger partial charge < -0.3 is 10.3 Å². The molecule has 0 spiro atoms. The van der Waals surface area contributed by atoms with Crippen molar-refractivity contribution >= 4 is 5.69 Å². The van der Waals surface area contributed by atoms with Gasteiger partial charge >= 0.3 is 0 Å². The zero-order chi connectivity index (χ0) is 11.4. The van der Waals surface area contributed by atoms with Crippen molar-refractivity contribution in [3.63, 3.8) is 0 Å². The fourth-order valence-corrected chi connectivity index (χ4v) is 1.48. The number of aromatic nitrogens is 2. The van der Waals surface area contributed by atoms with E-state index in [1.54, 1.807) is 12.4 Å². The first kappa shape index (κ1) is 10.2. The maximum atomic E-state index is 8.92. The van der Waals surface area contributed by atoms with Crippen LogP contribution in [0.15, 0.2) is 30.6 Å². The molecule has 0 saturated heterocycles. The van der Waals surface area contributed by atoms with Gasteiger partial charge in [-0.15, -0.1) is 0 Å². The molecule has 0 aliphatic carbocycles. The molecule has 80 valence electrons. The molecule has 4 nitrogen and oxygen atoms in total. The minimum atomic E-state index is 0.619. The van der Waals surface area contributed by atoms with Gasteiger partial charge in [0.05, 0.1) is 29.8 Å². The molecule has 0 unspecified atom stereocenters. The van der Waals surface area contributed by atoms with Gasteiger partial charge in [0.25, 0.3) is 0 Å². The lowest BCUT2D eigenvalue weighted by atomic mass is 10.2. The molecule has 0 radical (unpaired) electrons. The van der Waals surface area contributed by atoms with Crippen LogP contribution in [0.25, 0.3) is 0 Å². The van der Waals surface area contributed by atoms with Gasteiger partial charge in [-0.2, -0.15) is 5.26 Å². The summed E-state index contributed by atoms with van der Waals surface area (Å²) in [6.45, 7) is 2.59. The fourth-order valence-electron chi connectivity index (χ4n) is 1.48. The minimum Gasteiger partial charge on any atom is -0.378 e. The van der Waals surface area contributed by atoms with Crippen molar-refractivity contribution in [2.45, 2.75) is 13.5 Å². The standard InChI is InChI=1S/C12H12N4/c1-9-12(16-8-15-9)7-14-11-5-3-2-4-10(11)6-13/h2-5,8,14H,7H2,1H3,(H,15,16). The van der Waals surface area contributed by atoms with Crippen molar-refractivity contribution in [2.24, 2.45) is 0 Å². The van der Waals surface area contributed by atoms with Gasteiger partial charge in [-0.3, -0.25) is 0 Å². The van der Waals surface area contributed by atoms with Gasteiger partial charge in [-0.05, 0) is 19.1 Å². The summed E-state index contributed by atoms with van der Waals surface area (Å²) in [6, 6.07) is 9.58. The van der Waals surface area contributed by atoms with Crippen LogP contribution in [0.5, 0.6) is 0 Å². The fraction of sp³-hybridized carbons (Fsp3) is 0.167. The van der Waals surface area contributed by atoms with Gasteiger partial charge in [0.2, 0.25) is 0 Å². The van der Waals surface area contributed by atoms with Crippen LogP contribution in [0.1, 0.15) is 17.0 Å². The van der Waals surface area contributed by atoms with E-state index >= 15 is 0 Å². The van der Waals surface area contributed by atoms with E-state index in [1.165, 1.54) is 0 Å². The number of benzene rings is 1. The second-order valence-corrected chi connectivity index (χ2v) is 3.49. The summed E-state index contributed by atoms with van der Waals surface area (Å²) in [5.74, 6) is 0. The Balaban J connectivity index is 2.11. The third-order valence-electron chi connectivity index (χ3n) is 2.43. The molecule has 0 saturated carbocycles. The van der Waals surface area contributed by atoms with Crippen LogP contribution in [0, 0.1) is 18.3 Å². The normalized spacial score (nSPS) is 9.75. The van der Waals surface area contributed by atoms with E-state index in [0.29, 0.717) is 12.1 Å². The summed E-state index contributed by atoms with van der Waals surface area (Å²) < 4.78 is 0. The molecule has 16 heavy (non-hydrogen) atoms. The summed E-state index contributed by atoms with van der Waals surface area (Å²) in [6.07, 6.45) is 1.67. The highest BCUT2D eigenvalue weighted by atomic mass is 14.9. The summed E-state index contributed by atoms with van der Waals surface area (Å²) in [5.41, 5.74) is 3.50. The Hall–Kier alpha value is -2.28. The first-order valence-electron chi connectivity index (χ1n) is 5.03. The number of para-hydroxylation sites is 1. The van der Waals surface area contributed by atoms with Crippen LogP contribution in [0.3, 0.4) is 0 Å². The average Bonchev–Trinajstić information content (AvgIpc) is 2.72. The number of aryl methyl sites for hydroxylation is 1. The van der Waals surface area contributed by atoms with Crippen molar-refractivity contribution in [2.75, 3.05) is 5.32 Å². The first-order chi connectivity index (χ1) is 7.81. The molecular weight excluding hydrogens is 200 g/mol. The van der Waals surface area contributed by atoms with E-state index in [2.05, 4.69) is 21.4 Å². The van der Waals surface area contributed by atoms with Crippen molar-refractivity contribution in [1.82, 2.24) is 9.97 Å². The highest BCUT2D eigenvalue weighted by Crippen LogP contribution is 2.14. The molecule has 0 amide bonds. The zero-order valence-electron chi connectivity index (χ0n) is 8.99.